The Morgan fingerprint density at radius 2 is 0.721 bits per heavy atom. The zero-order valence-corrected chi connectivity index (χ0v) is 23.4. The van der Waals surface area contributed by atoms with Gasteiger partial charge in [0.2, 0.25) is 0 Å². The number of hydrogen-bond donors (Lipinski definition) is 0. The third kappa shape index (κ3) is 3.58. The minimum absolute atomic E-state index is 0.924. The van der Waals surface area contributed by atoms with Crippen molar-refractivity contribution in [3.05, 3.63) is 158 Å². The Bertz CT molecular complexity index is 2440. The Morgan fingerprint density at radius 3 is 1.40 bits per heavy atom. The molecule has 0 atom stereocenters. The van der Waals surface area contributed by atoms with Gasteiger partial charge >= 0.3 is 0 Å². The van der Waals surface area contributed by atoms with Gasteiger partial charge in [-0.2, -0.15) is 0 Å². The maximum atomic E-state index is 6.99. The molecule has 0 N–H and O–H groups in total. The normalized spacial score (nSPS) is 11.7. The molecule has 8 aromatic carbocycles. The molecule has 0 amide bonds. The Morgan fingerprint density at radius 1 is 0.279 bits per heavy atom. The highest BCUT2D eigenvalue weighted by Crippen LogP contribution is 2.47. The Hall–Kier alpha value is -5.66. The lowest BCUT2D eigenvalue weighted by Crippen LogP contribution is -1.90. The van der Waals surface area contributed by atoms with Crippen LogP contribution in [0.4, 0.5) is 0 Å². The van der Waals surface area contributed by atoms with Crippen molar-refractivity contribution >= 4 is 54.3 Å². The van der Waals surface area contributed by atoms with E-state index in [0.29, 0.717) is 0 Å². The highest BCUT2D eigenvalue weighted by molar-refractivity contribution is 6.24. The Balaban J connectivity index is 1.39. The van der Waals surface area contributed by atoms with Crippen LogP contribution in [-0.2, 0) is 0 Å². The van der Waals surface area contributed by atoms with Crippen LogP contribution in [0, 0.1) is 0 Å². The molecule has 0 aliphatic heterocycles. The van der Waals surface area contributed by atoms with Gasteiger partial charge in [0.25, 0.3) is 0 Å². The molecule has 43 heavy (non-hydrogen) atoms. The van der Waals surface area contributed by atoms with Gasteiger partial charge in [-0.05, 0) is 49.0 Å². The smallest absolute Gasteiger partial charge is 0.143 e. The van der Waals surface area contributed by atoms with Gasteiger partial charge in [-0.3, -0.25) is 0 Å². The van der Waals surface area contributed by atoms with Crippen molar-refractivity contribution in [2.45, 2.75) is 0 Å². The summed E-state index contributed by atoms with van der Waals surface area (Å²) in [7, 11) is 0. The number of hydrogen-bond acceptors (Lipinski definition) is 1. The topological polar surface area (TPSA) is 13.1 Å². The quantitative estimate of drug-likeness (QED) is 0.201. The predicted octanol–water partition coefficient (Wildman–Crippen LogP) is 12.0. The zero-order valence-electron chi connectivity index (χ0n) is 23.4. The molecule has 0 spiro atoms. The van der Waals surface area contributed by atoms with E-state index in [0.717, 1.165) is 33.1 Å². The minimum Gasteiger partial charge on any atom is -0.455 e. The molecule has 1 nitrogen and oxygen atoms in total. The van der Waals surface area contributed by atoms with Crippen molar-refractivity contribution < 1.29 is 4.42 Å². The summed E-state index contributed by atoms with van der Waals surface area (Å²) in [6.45, 7) is 0. The second kappa shape index (κ2) is 9.44. The van der Waals surface area contributed by atoms with Crippen LogP contribution in [0.3, 0.4) is 0 Å². The number of fused-ring (bicyclic) bond motifs is 6. The average molecular weight is 547 g/mol. The summed E-state index contributed by atoms with van der Waals surface area (Å²) in [5, 5.41) is 9.66. The van der Waals surface area contributed by atoms with E-state index < -0.39 is 0 Å². The van der Waals surface area contributed by atoms with Crippen LogP contribution in [-0.4, -0.2) is 0 Å². The monoisotopic (exact) mass is 546 g/mol. The first-order valence-corrected chi connectivity index (χ1v) is 14.8. The van der Waals surface area contributed by atoms with Crippen molar-refractivity contribution in [2.75, 3.05) is 0 Å². The highest BCUT2D eigenvalue weighted by Gasteiger charge is 2.21. The fourth-order valence-electron chi connectivity index (χ4n) is 7.02. The molecular weight excluding hydrogens is 520 g/mol. The van der Waals surface area contributed by atoms with E-state index in [-0.39, 0.29) is 0 Å². The van der Waals surface area contributed by atoms with Crippen LogP contribution in [0.25, 0.3) is 87.6 Å². The molecule has 200 valence electrons. The molecule has 0 saturated carbocycles. The van der Waals surface area contributed by atoms with Gasteiger partial charge in [0.1, 0.15) is 11.2 Å². The number of para-hydroxylation sites is 2. The van der Waals surface area contributed by atoms with Gasteiger partial charge in [0.05, 0.1) is 0 Å². The molecule has 0 saturated heterocycles. The number of rotatable bonds is 3. The summed E-state index contributed by atoms with van der Waals surface area (Å²) >= 11 is 0. The molecule has 0 unspecified atom stereocenters. The standard InChI is InChI=1S/C42H26O/c1-2-14-28(15-3-1)39-31-18-6-8-20-33(31)40(34-21-9-7-19-32(34)39)38-26-12-25-37-36-24-11-23-35(41(36)43-42(37)38)30-22-10-16-27-13-4-5-17-29(27)30/h1-26H. The number of furan rings is 1. The van der Waals surface area contributed by atoms with E-state index in [1.807, 2.05) is 0 Å². The SMILES string of the molecule is c1ccc(-c2c3ccccc3c(-c3cccc4c3oc3c(-c5cccc6ccccc56)cccc34)c3ccccc23)cc1. The highest BCUT2D eigenvalue weighted by atomic mass is 16.3. The van der Waals surface area contributed by atoms with E-state index in [1.54, 1.807) is 0 Å². The largest absolute Gasteiger partial charge is 0.455 e. The average Bonchev–Trinajstić information content (AvgIpc) is 3.47. The van der Waals surface area contributed by atoms with Crippen molar-refractivity contribution in [1.29, 1.82) is 0 Å². The second-order valence-electron chi connectivity index (χ2n) is 11.2. The summed E-state index contributed by atoms with van der Waals surface area (Å²) in [5.74, 6) is 0. The van der Waals surface area contributed by atoms with Crippen LogP contribution < -0.4 is 0 Å². The predicted molar refractivity (Wildman–Crippen MR) is 183 cm³/mol. The lowest BCUT2D eigenvalue weighted by molar-refractivity contribution is 0.671. The lowest BCUT2D eigenvalue weighted by atomic mass is 9.85. The van der Waals surface area contributed by atoms with Gasteiger partial charge in [0, 0.05) is 27.5 Å². The van der Waals surface area contributed by atoms with E-state index in [4.69, 9.17) is 4.42 Å². The van der Waals surface area contributed by atoms with Crippen molar-refractivity contribution in [1.82, 2.24) is 0 Å². The molecule has 1 aromatic heterocycles. The molecule has 0 aliphatic carbocycles. The molecular formula is C42H26O. The van der Waals surface area contributed by atoms with E-state index in [9.17, 15) is 0 Å². The van der Waals surface area contributed by atoms with Crippen molar-refractivity contribution in [2.24, 2.45) is 0 Å². The van der Waals surface area contributed by atoms with Crippen LogP contribution in [0.5, 0.6) is 0 Å². The molecule has 1 heterocycles. The molecule has 0 aliphatic rings. The molecule has 0 bridgehead atoms. The molecule has 9 aromatic rings. The first kappa shape index (κ1) is 24.0. The summed E-state index contributed by atoms with van der Waals surface area (Å²) in [6.07, 6.45) is 0. The fourth-order valence-corrected chi connectivity index (χ4v) is 7.02. The Labute approximate surface area is 249 Å². The third-order valence-corrected chi connectivity index (χ3v) is 8.87. The number of benzene rings is 8. The van der Waals surface area contributed by atoms with Crippen LogP contribution >= 0.6 is 0 Å². The first-order chi connectivity index (χ1) is 21.4. The van der Waals surface area contributed by atoms with Crippen molar-refractivity contribution in [3.8, 4) is 33.4 Å². The maximum Gasteiger partial charge on any atom is 0.143 e. The van der Waals surface area contributed by atoms with E-state index in [2.05, 4.69) is 158 Å². The fraction of sp³-hybridized carbons (Fsp3) is 0. The second-order valence-corrected chi connectivity index (χ2v) is 11.2. The summed E-state index contributed by atoms with van der Waals surface area (Å²) in [6, 6.07) is 56.5. The summed E-state index contributed by atoms with van der Waals surface area (Å²) in [4.78, 5) is 0. The van der Waals surface area contributed by atoms with Gasteiger partial charge in [-0.1, -0.05) is 158 Å². The van der Waals surface area contributed by atoms with Gasteiger partial charge in [0.15, 0.2) is 0 Å². The van der Waals surface area contributed by atoms with Crippen molar-refractivity contribution in [3.63, 3.8) is 0 Å². The van der Waals surface area contributed by atoms with E-state index >= 15 is 0 Å². The van der Waals surface area contributed by atoms with Gasteiger partial charge in [-0.15, -0.1) is 0 Å². The maximum absolute atomic E-state index is 6.99. The van der Waals surface area contributed by atoms with Gasteiger partial charge < -0.3 is 4.42 Å². The zero-order chi connectivity index (χ0) is 28.3. The summed E-state index contributed by atoms with van der Waals surface area (Å²) < 4.78 is 6.99. The Kier molecular flexibility index (Phi) is 5.27. The molecule has 0 radical (unpaired) electrons. The first-order valence-electron chi connectivity index (χ1n) is 14.8. The van der Waals surface area contributed by atoms with Crippen LogP contribution in [0.15, 0.2) is 162 Å². The molecule has 9 rings (SSSR count). The lowest BCUT2D eigenvalue weighted by Gasteiger charge is -2.17. The molecule has 1 heteroatoms. The van der Waals surface area contributed by atoms with Gasteiger partial charge in [-0.25, -0.2) is 0 Å². The van der Waals surface area contributed by atoms with E-state index in [1.165, 1.54) is 54.6 Å². The summed E-state index contributed by atoms with van der Waals surface area (Å²) in [5.41, 5.74) is 8.97. The third-order valence-electron chi connectivity index (χ3n) is 8.87. The minimum atomic E-state index is 0.924. The van der Waals surface area contributed by atoms with Crippen LogP contribution in [0.1, 0.15) is 0 Å². The molecule has 0 fully saturated rings. The van der Waals surface area contributed by atoms with Crippen LogP contribution in [0.2, 0.25) is 0 Å².